The van der Waals surface area contributed by atoms with Crippen molar-refractivity contribution in [2.24, 2.45) is 0 Å². The third kappa shape index (κ3) is 4.45. The van der Waals surface area contributed by atoms with E-state index in [9.17, 15) is 4.79 Å². The van der Waals surface area contributed by atoms with Gasteiger partial charge in [0, 0.05) is 13.6 Å². The van der Waals surface area contributed by atoms with Gasteiger partial charge in [0.15, 0.2) is 0 Å². The molecule has 1 aromatic carbocycles. The van der Waals surface area contributed by atoms with E-state index in [2.05, 4.69) is 22.1 Å². The van der Waals surface area contributed by atoms with Gasteiger partial charge in [-0.15, -0.1) is 0 Å². The molecular weight excluding hydrogens is 290 g/mol. The molecule has 0 bridgehead atoms. The maximum atomic E-state index is 12.3. The van der Waals surface area contributed by atoms with Crippen LogP contribution in [0.5, 0.6) is 5.75 Å². The van der Waals surface area contributed by atoms with E-state index in [1.165, 1.54) is 0 Å². The number of nitrogens with one attached hydrogen (secondary N) is 1. The monoisotopic (exact) mass is 313 g/mol. The van der Waals surface area contributed by atoms with Crippen LogP contribution < -0.4 is 15.0 Å². The number of ether oxygens (including phenoxy) is 1. The van der Waals surface area contributed by atoms with Crippen molar-refractivity contribution < 1.29 is 9.53 Å². The number of pyridine rings is 1. The van der Waals surface area contributed by atoms with Crippen molar-refractivity contribution in [3.63, 3.8) is 0 Å². The standard InChI is InChI=1S/C18H23N3O2/c1-4-5-12-21(2)14-10-11-17(19-13-14)20-18(22)15-8-6-7-9-16(15)23-3/h6-11,13H,4-5,12H2,1-3H3,(H,19,20,22). The lowest BCUT2D eigenvalue weighted by atomic mass is 10.2. The molecule has 1 aromatic heterocycles. The molecule has 0 unspecified atom stereocenters. The number of rotatable bonds is 7. The van der Waals surface area contributed by atoms with Crippen LogP contribution >= 0.6 is 0 Å². The number of aromatic nitrogens is 1. The number of amides is 1. The van der Waals surface area contributed by atoms with Crippen molar-refractivity contribution in [2.45, 2.75) is 19.8 Å². The lowest BCUT2D eigenvalue weighted by Gasteiger charge is -2.18. The molecule has 1 amide bonds. The van der Waals surface area contributed by atoms with Crippen molar-refractivity contribution >= 4 is 17.4 Å². The molecule has 0 saturated heterocycles. The van der Waals surface area contributed by atoms with Gasteiger partial charge in [-0.3, -0.25) is 4.79 Å². The summed E-state index contributed by atoms with van der Waals surface area (Å²) in [6.07, 6.45) is 4.07. The third-order valence-corrected chi connectivity index (χ3v) is 3.63. The summed E-state index contributed by atoms with van der Waals surface area (Å²) < 4.78 is 5.20. The van der Waals surface area contributed by atoms with Gasteiger partial charge in [-0.25, -0.2) is 4.98 Å². The maximum Gasteiger partial charge on any atom is 0.260 e. The number of carbonyl (C=O) groups is 1. The highest BCUT2D eigenvalue weighted by Gasteiger charge is 2.12. The van der Waals surface area contributed by atoms with Gasteiger partial charge in [0.25, 0.3) is 5.91 Å². The Morgan fingerprint density at radius 3 is 2.70 bits per heavy atom. The topological polar surface area (TPSA) is 54.5 Å². The molecule has 0 fully saturated rings. The molecule has 0 spiro atoms. The van der Waals surface area contributed by atoms with E-state index >= 15 is 0 Å². The Kier molecular flexibility index (Phi) is 5.97. The van der Waals surface area contributed by atoms with E-state index < -0.39 is 0 Å². The molecule has 1 N–H and O–H groups in total. The molecule has 2 aromatic rings. The van der Waals surface area contributed by atoms with Crippen LogP contribution in [0.3, 0.4) is 0 Å². The minimum Gasteiger partial charge on any atom is -0.496 e. The van der Waals surface area contributed by atoms with Crippen molar-refractivity contribution in [3.8, 4) is 5.75 Å². The smallest absolute Gasteiger partial charge is 0.260 e. The van der Waals surface area contributed by atoms with Crippen LogP contribution in [0.25, 0.3) is 0 Å². The van der Waals surface area contributed by atoms with Gasteiger partial charge in [-0.05, 0) is 30.7 Å². The van der Waals surface area contributed by atoms with Crippen LogP contribution in [0.4, 0.5) is 11.5 Å². The second-order valence-corrected chi connectivity index (χ2v) is 5.33. The summed E-state index contributed by atoms with van der Waals surface area (Å²) in [7, 11) is 3.59. The highest BCUT2D eigenvalue weighted by atomic mass is 16.5. The van der Waals surface area contributed by atoms with E-state index in [0.29, 0.717) is 17.1 Å². The quantitative estimate of drug-likeness (QED) is 0.849. The first-order chi connectivity index (χ1) is 11.2. The molecule has 2 rings (SSSR count). The second kappa shape index (κ2) is 8.17. The molecule has 0 aliphatic heterocycles. The average molecular weight is 313 g/mol. The van der Waals surface area contributed by atoms with Gasteiger partial charge in [0.1, 0.15) is 11.6 Å². The highest BCUT2D eigenvalue weighted by Crippen LogP contribution is 2.19. The molecule has 0 aliphatic carbocycles. The molecule has 0 radical (unpaired) electrons. The largest absolute Gasteiger partial charge is 0.496 e. The zero-order valence-electron chi connectivity index (χ0n) is 13.9. The first kappa shape index (κ1) is 16.8. The minimum absolute atomic E-state index is 0.234. The summed E-state index contributed by atoms with van der Waals surface area (Å²) in [5, 5.41) is 2.79. The Morgan fingerprint density at radius 2 is 2.04 bits per heavy atom. The number of anilines is 2. The van der Waals surface area contributed by atoms with Gasteiger partial charge in [0.05, 0.1) is 24.6 Å². The zero-order chi connectivity index (χ0) is 16.7. The fourth-order valence-electron chi connectivity index (χ4n) is 2.23. The van der Waals surface area contributed by atoms with E-state index in [1.807, 2.05) is 25.2 Å². The van der Waals surface area contributed by atoms with Gasteiger partial charge >= 0.3 is 0 Å². The number of unbranched alkanes of at least 4 members (excludes halogenated alkanes) is 1. The van der Waals surface area contributed by atoms with Crippen LogP contribution in [-0.2, 0) is 0 Å². The van der Waals surface area contributed by atoms with E-state index in [-0.39, 0.29) is 5.91 Å². The Labute approximate surface area is 137 Å². The Hall–Kier alpha value is -2.56. The predicted molar refractivity (Wildman–Crippen MR) is 93.4 cm³/mol. The van der Waals surface area contributed by atoms with Crippen LogP contribution in [0.1, 0.15) is 30.1 Å². The van der Waals surface area contributed by atoms with E-state index in [1.54, 1.807) is 31.5 Å². The summed E-state index contributed by atoms with van der Waals surface area (Å²) in [4.78, 5) is 18.8. The fraction of sp³-hybridized carbons (Fsp3) is 0.333. The molecule has 0 aliphatic rings. The number of hydrogen-bond donors (Lipinski definition) is 1. The number of hydrogen-bond acceptors (Lipinski definition) is 4. The summed E-state index contributed by atoms with van der Waals surface area (Å²) in [5.41, 5.74) is 1.52. The predicted octanol–water partition coefficient (Wildman–Crippen LogP) is 3.58. The summed E-state index contributed by atoms with van der Waals surface area (Å²) in [5.74, 6) is 0.830. The average Bonchev–Trinajstić information content (AvgIpc) is 2.60. The molecule has 122 valence electrons. The first-order valence-corrected chi connectivity index (χ1v) is 7.77. The molecule has 0 atom stereocenters. The van der Waals surface area contributed by atoms with Crippen LogP contribution in [0.15, 0.2) is 42.6 Å². The van der Waals surface area contributed by atoms with Crippen LogP contribution in [0.2, 0.25) is 0 Å². The highest BCUT2D eigenvalue weighted by molar-refractivity contribution is 6.05. The van der Waals surface area contributed by atoms with Crippen LogP contribution in [-0.4, -0.2) is 31.6 Å². The van der Waals surface area contributed by atoms with Crippen LogP contribution in [0, 0.1) is 0 Å². The molecule has 23 heavy (non-hydrogen) atoms. The minimum atomic E-state index is -0.234. The summed E-state index contributed by atoms with van der Waals surface area (Å²) >= 11 is 0. The third-order valence-electron chi connectivity index (χ3n) is 3.63. The first-order valence-electron chi connectivity index (χ1n) is 7.77. The molecule has 1 heterocycles. The Bertz CT molecular complexity index is 641. The lowest BCUT2D eigenvalue weighted by Crippen LogP contribution is -2.19. The second-order valence-electron chi connectivity index (χ2n) is 5.33. The molecule has 5 nitrogen and oxygen atoms in total. The van der Waals surface area contributed by atoms with Gasteiger partial charge in [-0.1, -0.05) is 25.5 Å². The summed E-state index contributed by atoms with van der Waals surface area (Å²) in [6, 6.07) is 10.9. The van der Waals surface area contributed by atoms with Crippen molar-refractivity contribution in [2.75, 3.05) is 30.9 Å². The summed E-state index contributed by atoms with van der Waals surface area (Å²) in [6.45, 7) is 3.16. The van der Waals surface area contributed by atoms with Crippen molar-refractivity contribution in [3.05, 3.63) is 48.2 Å². The van der Waals surface area contributed by atoms with E-state index in [0.717, 1.165) is 25.1 Å². The number of carbonyl (C=O) groups excluding carboxylic acids is 1. The Morgan fingerprint density at radius 1 is 1.26 bits per heavy atom. The van der Waals surface area contributed by atoms with Gasteiger partial charge < -0.3 is 15.0 Å². The van der Waals surface area contributed by atoms with Crippen molar-refractivity contribution in [1.82, 2.24) is 4.98 Å². The lowest BCUT2D eigenvalue weighted by molar-refractivity contribution is 0.102. The number of para-hydroxylation sites is 1. The van der Waals surface area contributed by atoms with Gasteiger partial charge in [-0.2, -0.15) is 0 Å². The Balaban J connectivity index is 2.04. The number of methoxy groups -OCH3 is 1. The zero-order valence-corrected chi connectivity index (χ0v) is 13.9. The normalized spacial score (nSPS) is 10.2. The van der Waals surface area contributed by atoms with Gasteiger partial charge in [0.2, 0.25) is 0 Å². The molecule has 0 saturated carbocycles. The van der Waals surface area contributed by atoms with E-state index in [4.69, 9.17) is 4.74 Å². The van der Waals surface area contributed by atoms with Crippen molar-refractivity contribution in [1.29, 1.82) is 0 Å². The SMILES string of the molecule is CCCCN(C)c1ccc(NC(=O)c2ccccc2OC)nc1. The number of nitrogens with zero attached hydrogens (tertiary/aromatic N) is 2. The molecule has 5 heteroatoms. The number of benzene rings is 1. The molecular formula is C18H23N3O2. The maximum absolute atomic E-state index is 12.3. The fourth-order valence-corrected chi connectivity index (χ4v) is 2.23.